The lowest BCUT2D eigenvalue weighted by Gasteiger charge is -2.26. The van der Waals surface area contributed by atoms with E-state index in [4.69, 9.17) is 35.0 Å². The maximum atomic E-state index is 10.9. The minimum absolute atomic E-state index is 0.113. The molecule has 0 saturated carbocycles. The second kappa shape index (κ2) is 2.76. The Hall–Kier alpha value is -0.520. The van der Waals surface area contributed by atoms with E-state index >= 15 is 0 Å². The number of nitrogens with one attached hydrogen (secondary N) is 1. The largest absolute Gasteiger partial charge is 0.346 e. The monoisotopic (exact) mass is 230 g/mol. The maximum absolute atomic E-state index is 10.9. The van der Waals surface area contributed by atoms with Crippen LogP contribution < -0.4 is 5.32 Å². The highest BCUT2D eigenvalue weighted by atomic mass is 35.5. The minimum Gasteiger partial charge on any atom is -0.273 e. The zero-order valence-corrected chi connectivity index (χ0v) is 7.57. The third-order valence-electron chi connectivity index (χ3n) is 1.13. The van der Waals surface area contributed by atoms with E-state index in [9.17, 15) is 14.4 Å². The maximum Gasteiger partial charge on any atom is 0.346 e. The van der Waals surface area contributed by atoms with E-state index in [0.29, 0.717) is 0 Å². The summed E-state index contributed by atoms with van der Waals surface area (Å²) in [6.45, 7) is 0. The highest BCUT2D eigenvalue weighted by Gasteiger charge is 2.51. The van der Waals surface area contributed by atoms with Crippen LogP contribution in [0.25, 0.3) is 0 Å². The van der Waals surface area contributed by atoms with Crippen LogP contribution in [0, 0.1) is 0 Å². The number of carbonyl (C=O) groups is 3. The lowest BCUT2D eigenvalue weighted by molar-refractivity contribution is -0.134. The fraction of sp³-hybridized carbons (Fsp3) is 0.250. The highest BCUT2D eigenvalue weighted by molar-refractivity contribution is 6.70. The van der Waals surface area contributed by atoms with Crippen LogP contribution in [0.15, 0.2) is 0 Å². The van der Waals surface area contributed by atoms with Gasteiger partial charge in [0.1, 0.15) is 0 Å². The fourth-order valence-electron chi connectivity index (χ4n) is 0.537. The van der Waals surface area contributed by atoms with Crippen LogP contribution >= 0.6 is 35.0 Å². The van der Waals surface area contributed by atoms with E-state index in [1.54, 1.807) is 5.32 Å². The van der Waals surface area contributed by atoms with Gasteiger partial charge in [-0.15, -0.1) is 0 Å². The van der Waals surface area contributed by atoms with E-state index in [1.807, 2.05) is 0 Å². The van der Waals surface area contributed by atoms with Crippen LogP contribution in [0.1, 0.15) is 0 Å². The van der Waals surface area contributed by atoms with Gasteiger partial charge in [-0.25, -0.2) is 4.79 Å². The van der Waals surface area contributed by atoms with Gasteiger partial charge in [0.2, 0.25) is 0 Å². The Morgan fingerprint density at radius 3 is 2.25 bits per heavy atom. The van der Waals surface area contributed by atoms with Crippen LogP contribution in [0.5, 0.6) is 0 Å². The van der Waals surface area contributed by atoms with Crippen LogP contribution in [-0.2, 0) is 9.59 Å². The molecule has 0 aromatic rings. The number of nitrogens with zero attached hydrogens (tertiary/aromatic N) is 1. The Morgan fingerprint density at radius 2 is 1.75 bits per heavy atom. The molecule has 1 aliphatic heterocycles. The second-order valence-electron chi connectivity index (χ2n) is 1.92. The summed E-state index contributed by atoms with van der Waals surface area (Å²) < 4.78 is -2.21. The molecule has 0 radical (unpaired) electrons. The van der Waals surface area contributed by atoms with Gasteiger partial charge in [-0.1, -0.05) is 23.2 Å². The molecule has 1 saturated heterocycles. The molecule has 8 heteroatoms. The summed E-state index contributed by atoms with van der Waals surface area (Å²) in [6, 6.07) is -1.07. The summed E-state index contributed by atoms with van der Waals surface area (Å²) in [7, 11) is 0. The molecule has 0 aromatic carbocycles. The summed E-state index contributed by atoms with van der Waals surface area (Å²) in [5.41, 5.74) is 0. The van der Waals surface area contributed by atoms with Crippen molar-refractivity contribution in [2.75, 3.05) is 0 Å². The number of rotatable bonds is 0. The van der Waals surface area contributed by atoms with Gasteiger partial charge in [0.25, 0.3) is 16.1 Å². The van der Waals surface area contributed by atoms with Crippen molar-refractivity contribution in [3.8, 4) is 0 Å². The number of imide groups is 2. The number of hydrogen-bond donors (Lipinski definition) is 1. The predicted molar refractivity (Wildman–Crippen MR) is 40.7 cm³/mol. The number of amides is 4. The molecule has 0 aliphatic carbocycles. The SMILES string of the molecule is O=C1NC(=O)C(Cl)(Cl)C(=O)N1Cl. The third kappa shape index (κ3) is 1.24. The van der Waals surface area contributed by atoms with E-state index in [1.165, 1.54) is 0 Å². The zero-order chi connectivity index (χ0) is 9.52. The Kier molecular flexibility index (Phi) is 2.20. The summed E-state index contributed by atoms with van der Waals surface area (Å²) in [4.78, 5) is 32.3. The van der Waals surface area contributed by atoms with Gasteiger partial charge in [-0.2, -0.15) is 4.42 Å². The van der Waals surface area contributed by atoms with Crippen molar-refractivity contribution < 1.29 is 14.4 Å². The molecule has 1 rings (SSSR count). The second-order valence-corrected chi connectivity index (χ2v) is 3.59. The van der Waals surface area contributed by atoms with Crippen molar-refractivity contribution in [3.05, 3.63) is 0 Å². The number of carbonyl (C=O) groups excluding carboxylic acids is 3. The van der Waals surface area contributed by atoms with Crippen molar-refractivity contribution >= 4 is 52.8 Å². The zero-order valence-electron chi connectivity index (χ0n) is 5.31. The molecule has 1 N–H and O–H groups in total. The number of urea groups is 1. The number of halogens is 3. The molecule has 12 heavy (non-hydrogen) atoms. The molecule has 0 spiro atoms. The first kappa shape index (κ1) is 9.57. The molecule has 1 fully saturated rings. The number of barbiturate groups is 1. The van der Waals surface area contributed by atoms with Gasteiger partial charge in [-0.05, 0) is 0 Å². The van der Waals surface area contributed by atoms with Crippen molar-refractivity contribution in [3.63, 3.8) is 0 Å². The van der Waals surface area contributed by atoms with E-state index in [-0.39, 0.29) is 4.42 Å². The molecule has 5 nitrogen and oxygen atoms in total. The van der Waals surface area contributed by atoms with E-state index in [0.717, 1.165) is 0 Å². The van der Waals surface area contributed by atoms with Crippen LogP contribution in [0.2, 0.25) is 0 Å². The van der Waals surface area contributed by atoms with Crippen molar-refractivity contribution in [2.24, 2.45) is 0 Å². The molecule has 0 unspecified atom stereocenters. The lowest BCUT2D eigenvalue weighted by Crippen LogP contribution is -2.60. The van der Waals surface area contributed by atoms with Gasteiger partial charge < -0.3 is 0 Å². The molecule has 0 aromatic heterocycles. The molecule has 66 valence electrons. The van der Waals surface area contributed by atoms with Crippen LogP contribution in [-0.4, -0.2) is 26.6 Å². The van der Waals surface area contributed by atoms with Gasteiger partial charge in [-0.3, -0.25) is 14.9 Å². The average molecular weight is 231 g/mol. The highest BCUT2D eigenvalue weighted by Crippen LogP contribution is 2.28. The van der Waals surface area contributed by atoms with Crippen molar-refractivity contribution in [1.29, 1.82) is 0 Å². The molecular formula is C4HCl3N2O3. The molecule has 0 atom stereocenters. The van der Waals surface area contributed by atoms with Gasteiger partial charge in [0, 0.05) is 11.8 Å². The summed E-state index contributed by atoms with van der Waals surface area (Å²) in [5.74, 6) is -2.28. The summed E-state index contributed by atoms with van der Waals surface area (Å²) >= 11 is 15.6. The Balaban J connectivity index is 3.04. The van der Waals surface area contributed by atoms with E-state index < -0.39 is 22.2 Å². The van der Waals surface area contributed by atoms with Crippen molar-refractivity contribution in [1.82, 2.24) is 9.74 Å². The Bertz CT molecular complexity index is 277. The minimum atomic E-state index is -2.32. The fourth-order valence-corrected chi connectivity index (χ4v) is 1.06. The van der Waals surface area contributed by atoms with Gasteiger partial charge >= 0.3 is 6.03 Å². The molecule has 4 amide bonds. The average Bonchev–Trinajstić information content (AvgIpc) is 1.99. The number of hydrogen-bond acceptors (Lipinski definition) is 3. The molecule has 1 heterocycles. The normalized spacial score (nSPS) is 22.6. The van der Waals surface area contributed by atoms with Gasteiger partial charge in [0.05, 0.1) is 0 Å². The summed E-state index contributed by atoms with van der Waals surface area (Å²) in [5, 5.41) is 1.68. The summed E-state index contributed by atoms with van der Waals surface area (Å²) in [6.07, 6.45) is 0. The van der Waals surface area contributed by atoms with Crippen LogP contribution in [0.3, 0.4) is 0 Å². The lowest BCUT2D eigenvalue weighted by atomic mass is 10.3. The molecule has 1 aliphatic rings. The molecular weight excluding hydrogens is 230 g/mol. The van der Waals surface area contributed by atoms with Crippen molar-refractivity contribution in [2.45, 2.75) is 4.33 Å². The first-order valence-electron chi connectivity index (χ1n) is 2.61. The smallest absolute Gasteiger partial charge is 0.273 e. The Morgan fingerprint density at radius 1 is 1.25 bits per heavy atom. The van der Waals surface area contributed by atoms with Gasteiger partial charge in [0.15, 0.2) is 0 Å². The first-order valence-corrected chi connectivity index (χ1v) is 3.70. The predicted octanol–water partition coefficient (Wildman–Crippen LogP) is 0.392. The Labute approximate surface area is 81.6 Å². The topological polar surface area (TPSA) is 66.5 Å². The standard InChI is InChI=1S/C4HCl3N2O3/c5-4(6)1(10)8-3(12)9(7)2(4)11/h(H,8,10,12). The number of alkyl halides is 2. The van der Waals surface area contributed by atoms with E-state index in [2.05, 4.69) is 0 Å². The van der Waals surface area contributed by atoms with Crippen LogP contribution in [0.4, 0.5) is 4.79 Å². The first-order chi connectivity index (χ1) is 5.37. The third-order valence-corrected chi connectivity index (χ3v) is 2.10. The molecule has 0 bridgehead atoms. The quantitative estimate of drug-likeness (QED) is 0.373.